The van der Waals surface area contributed by atoms with Crippen LogP contribution in [0.1, 0.15) is 24.9 Å². The molecule has 16 heavy (non-hydrogen) atoms. The van der Waals surface area contributed by atoms with Crippen LogP contribution in [0.5, 0.6) is 0 Å². The summed E-state index contributed by atoms with van der Waals surface area (Å²) in [6.07, 6.45) is 0.494. The summed E-state index contributed by atoms with van der Waals surface area (Å²) in [5.74, 6) is -0.103. The lowest BCUT2D eigenvalue weighted by molar-refractivity contribution is -0.00372. The Balaban J connectivity index is 2.27. The van der Waals surface area contributed by atoms with Crippen LogP contribution in [-0.2, 0) is 0 Å². The van der Waals surface area contributed by atoms with Gasteiger partial charge in [0, 0.05) is 18.4 Å². The van der Waals surface area contributed by atoms with E-state index in [0.29, 0.717) is 13.0 Å². The molecule has 2 rings (SSSR count). The largest absolute Gasteiger partial charge is 0.375 e. The predicted molar refractivity (Wildman–Crippen MR) is 61.5 cm³/mol. The third-order valence-corrected chi connectivity index (χ3v) is 3.48. The molecule has 3 atom stereocenters. The van der Waals surface area contributed by atoms with E-state index in [-0.39, 0.29) is 12.0 Å². The third-order valence-electron chi connectivity index (χ3n) is 3.48. The number of hydrogen-bond donors (Lipinski definition) is 2. The van der Waals surface area contributed by atoms with Gasteiger partial charge in [0.05, 0.1) is 6.07 Å². The molecular weight excluding hydrogens is 200 g/mol. The highest BCUT2D eigenvalue weighted by atomic mass is 16.3. The molecule has 84 valence electrons. The SMILES string of the molecule is C[C@@H]1[C@H](c2ccccc2)NCC[C@]1(O)C#N. The molecule has 0 amide bonds. The van der Waals surface area contributed by atoms with Crippen molar-refractivity contribution in [1.82, 2.24) is 5.32 Å². The zero-order chi connectivity index (χ0) is 11.6. The van der Waals surface area contributed by atoms with E-state index in [1.165, 1.54) is 0 Å². The molecule has 0 aliphatic carbocycles. The lowest BCUT2D eigenvalue weighted by atomic mass is 9.76. The molecule has 0 aromatic heterocycles. The first kappa shape index (κ1) is 11.1. The fraction of sp³-hybridized carbons (Fsp3) is 0.462. The van der Waals surface area contributed by atoms with Gasteiger partial charge in [-0.2, -0.15) is 5.26 Å². The summed E-state index contributed by atoms with van der Waals surface area (Å²) in [5, 5.41) is 22.6. The number of rotatable bonds is 1. The third kappa shape index (κ3) is 1.82. The average molecular weight is 216 g/mol. The average Bonchev–Trinajstić information content (AvgIpc) is 2.34. The highest BCUT2D eigenvalue weighted by Gasteiger charge is 2.42. The normalized spacial score (nSPS) is 34.3. The van der Waals surface area contributed by atoms with Crippen molar-refractivity contribution in [1.29, 1.82) is 5.26 Å². The lowest BCUT2D eigenvalue weighted by Crippen LogP contribution is -2.49. The number of benzene rings is 1. The van der Waals surface area contributed by atoms with Crippen LogP contribution in [0.15, 0.2) is 30.3 Å². The van der Waals surface area contributed by atoms with Gasteiger partial charge >= 0.3 is 0 Å². The van der Waals surface area contributed by atoms with E-state index in [0.717, 1.165) is 5.56 Å². The molecule has 3 nitrogen and oxygen atoms in total. The van der Waals surface area contributed by atoms with Gasteiger partial charge in [0.25, 0.3) is 0 Å². The molecule has 3 heteroatoms. The quantitative estimate of drug-likeness (QED) is 0.701. The van der Waals surface area contributed by atoms with Crippen molar-refractivity contribution in [2.45, 2.75) is 25.0 Å². The second kappa shape index (κ2) is 4.25. The Labute approximate surface area is 95.7 Å². The van der Waals surface area contributed by atoms with Gasteiger partial charge in [-0.3, -0.25) is 0 Å². The molecule has 2 N–H and O–H groups in total. The van der Waals surface area contributed by atoms with Gasteiger partial charge in [-0.15, -0.1) is 0 Å². The molecule has 1 saturated heterocycles. The summed E-state index contributed by atoms with van der Waals surface area (Å²) in [7, 11) is 0. The molecule has 1 aromatic carbocycles. The van der Waals surface area contributed by atoms with E-state index in [1.807, 2.05) is 43.3 Å². The van der Waals surface area contributed by atoms with E-state index in [9.17, 15) is 5.11 Å². The number of nitriles is 1. The molecule has 0 spiro atoms. The Hall–Kier alpha value is -1.37. The minimum Gasteiger partial charge on any atom is -0.375 e. The van der Waals surface area contributed by atoms with Crippen LogP contribution in [-0.4, -0.2) is 17.3 Å². The Morgan fingerprint density at radius 1 is 1.44 bits per heavy atom. The fourth-order valence-electron chi connectivity index (χ4n) is 2.32. The monoisotopic (exact) mass is 216 g/mol. The molecule has 1 aromatic rings. The minimum absolute atomic E-state index is 0.0552. The first-order valence-electron chi connectivity index (χ1n) is 5.59. The number of nitrogens with zero attached hydrogens (tertiary/aromatic N) is 1. The summed E-state index contributed by atoms with van der Waals surface area (Å²) in [6.45, 7) is 2.60. The smallest absolute Gasteiger partial charge is 0.156 e. The van der Waals surface area contributed by atoms with Crippen molar-refractivity contribution < 1.29 is 5.11 Å². The van der Waals surface area contributed by atoms with E-state index < -0.39 is 5.60 Å². The van der Waals surface area contributed by atoms with Gasteiger partial charge in [-0.05, 0) is 12.1 Å². The Bertz CT molecular complexity index is 398. The van der Waals surface area contributed by atoms with Crippen molar-refractivity contribution in [2.24, 2.45) is 5.92 Å². The summed E-state index contributed by atoms with van der Waals surface area (Å²) in [6, 6.07) is 12.1. The second-order valence-electron chi connectivity index (χ2n) is 4.42. The molecule has 1 fully saturated rings. The van der Waals surface area contributed by atoms with E-state index in [4.69, 9.17) is 5.26 Å². The van der Waals surface area contributed by atoms with Gasteiger partial charge in [0.15, 0.2) is 5.60 Å². The van der Waals surface area contributed by atoms with Crippen LogP contribution in [0.4, 0.5) is 0 Å². The molecular formula is C13H16N2O. The number of piperidine rings is 1. The summed E-state index contributed by atoms with van der Waals surface area (Å²) in [4.78, 5) is 0. The summed E-state index contributed by atoms with van der Waals surface area (Å²) >= 11 is 0. The van der Waals surface area contributed by atoms with Crippen molar-refractivity contribution in [3.8, 4) is 6.07 Å². The van der Waals surface area contributed by atoms with Crippen LogP contribution in [0.25, 0.3) is 0 Å². The van der Waals surface area contributed by atoms with Crippen molar-refractivity contribution in [3.63, 3.8) is 0 Å². The Kier molecular flexibility index (Phi) is 2.95. The molecule has 0 unspecified atom stereocenters. The van der Waals surface area contributed by atoms with Crippen molar-refractivity contribution in [3.05, 3.63) is 35.9 Å². The maximum Gasteiger partial charge on any atom is 0.156 e. The number of aliphatic hydroxyl groups is 1. The van der Waals surface area contributed by atoms with Gasteiger partial charge in [0.2, 0.25) is 0 Å². The summed E-state index contributed by atoms with van der Waals surface area (Å²) in [5.41, 5.74) is -0.0745. The Morgan fingerprint density at radius 2 is 2.12 bits per heavy atom. The molecule has 1 aliphatic heterocycles. The zero-order valence-corrected chi connectivity index (χ0v) is 9.35. The van der Waals surface area contributed by atoms with Gasteiger partial charge in [0.1, 0.15) is 0 Å². The topological polar surface area (TPSA) is 56.0 Å². The predicted octanol–water partition coefficient (Wildman–Crippen LogP) is 1.61. The van der Waals surface area contributed by atoms with Gasteiger partial charge in [-0.25, -0.2) is 0 Å². The molecule has 0 bridgehead atoms. The lowest BCUT2D eigenvalue weighted by Gasteiger charge is -2.39. The highest BCUT2D eigenvalue weighted by Crippen LogP contribution is 2.35. The maximum absolute atomic E-state index is 10.2. The van der Waals surface area contributed by atoms with Crippen LogP contribution in [0.3, 0.4) is 0 Å². The van der Waals surface area contributed by atoms with Crippen LogP contribution in [0.2, 0.25) is 0 Å². The van der Waals surface area contributed by atoms with E-state index in [1.54, 1.807) is 0 Å². The number of hydrogen-bond acceptors (Lipinski definition) is 3. The van der Waals surface area contributed by atoms with Gasteiger partial charge < -0.3 is 10.4 Å². The maximum atomic E-state index is 10.2. The first-order valence-corrected chi connectivity index (χ1v) is 5.59. The standard InChI is InChI=1S/C13H16N2O/c1-10-12(11-5-3-2-4-6-11)15-8-7-13(10,16)9-14/h2-6,10,12,15-16H,7-8H2,1H3/t10-,12-,13+/m1/s1. The highest BCUT2D eigenvalue weighted by molar-refractivity contribution is 5.23. The van der Waals surface area contributed by atoms with Gasteiger partial charge in [-0.1, -0.05) is 37.3 Å². The number of nitrogens with one attached hydrogen (secondary N) is 1. The fourth-order valence-corrected chi connectivity index (χ4v) is 2.32. The molecule has 1 aliphatic rings. The van der Waals surface area contributed by atoms with Crippen LogP contribution in [0, 0.1) is 17.2 Å². The zero-order valence-electron chi connectivity index (χ0n) is 9.35. The molecule has 0 radical (unpaired) electrons. The Morgan fingerprint density at radius 3 is 2.75 bits per heavy atom. The van der Waals surface area contributed by atoms with Crippen LogP contribution >= 0.6 is 0 Å². The van der Waals surface area contributed by atoms with Crippen LogP contribution < -0.4 is 5.32 Å². The van der Waals surface area contributed by atoms with E-state index >= 15 is 0 Å². The second-order valence-corrected chi connectivity index (χ2v) is 4.42. The van der Waals surface area contributed by atoms with Crippen molar-refractivity contribution in [2.75, 3.05) is 6.54 Å². The van der Waals surface area contributed by atoms with E-state index in [2.05, 4.69) is 5.32 Å². The first-order chi connectivity index (χ1) is 7.67. The summed E-state index contributed by atoms with van der Waals surface area (Å²) < 4.78 is 0. The molecule has 1 heterocycles. The minimum atomic E-state index is -1.20. The van der Waals surface area contributed by atoms with Crippen molar-refractivity contribution >= 4 is 0 Å². The molecule has 0 saturated carbocycles.